The molecule has 1 aromatic heterocycles. The van der Waals surface area contributed by atoms with Crippen LogP contribution in [-0.2, 0) is 6.18 Å². The van der Waals surface area contributed by atoms with Crippen molar-refractivity contribution in [3.8, 4) is 5.75 Å². The first-order valence-corrected chi connectivity index (χ1v) is 8.72. The van der Waals surface area contributed by atoms with E-state index in [9.17, 15) is 23.3 Å². The fourth-order valence-corrected chi connectivity index (χ4v) is 2.59. The number of aromatic nitrogens is 2. The van der Waals surface area contributed by atoms with Crippen molar-refractivity contribution in [2.45, 2.75) is 13.1 Å². The van der Waals surface area contributed by atoms with Gasteiger partial charge in [0.25, 0.3) is 0 Å². The molecule has 156 valence electrons. The van der Waals surface area contributed by atoms with Crippen LogP contribution in [0.2, 0.25) is 0 Å². The quantitative estimate of drug-likeness (QED) is 0.396. The van der Waals surface area contributed by atoms with E-state index in [-0.39, 0.29) is 17.3 Å². The third-order valence-electron chi connectivity index (χ3n) is 3.92. The summed E-state index contributed by atoms with van der Waals surface area (Å²) in [6.07, 6.45) is -3.38. The highest BCUT2D eigenvalue weighted by atomic mass is 19.4. The average molecular weight is 419 g/mol. The van der Waals surface area contributed by atoms with E-state index in [0.717, 1.165) is 30.6 Å². The summed E-state index contributed by atoms with van der Waals surface area (Å²) in [6, 6.07) is 10.9. The van der Waals surface area contributed by atoms with Gasteiger partial charge in [0.05, 0.1) is 22.8 Å². The van der Waals surface area contributed by atoms with Crippen molar-refractivity contribution in [3.05, 3.63) is 70.5 Å². The molecular weight excluding hydrogens is 403 g/mol. The van der Waals surface area contributed by atoms with Crippen molar-refractivity contribution in [1.82, 2.24) is 9.97 Å². The third-order valence-corrected chi connectivity index (χ3v) is 3.92. The Hall–Kier alpha value is -3.89. The molecule has 2 aromatic carbocycles. The number of nitrogens with zero attached hydrogens (tertiary/aromatic N) is 3. The van der Waals surface area contributed by atoms with Crippen LogP contribution < -0.4 is 15.4 Å². The average Bonchev–Trinajstić information content (AvgIpc) is 2.69. The molecule has 0 atom stereocenters. The van der Waals surface area contributed by atoms with Crippen LogP contribution in [0.25, 0.3) is 0 Å². The molecule has 30 heavy (non-hydrogen) atoms. The van der Waals surface area contributed by atoms with Crippen LogP contribution in [0.4, 0.5) is 41.9 Å². The molecule has 0 spiro atoms. The minimum atomic E-state index is -4.48. The largest absolute Gasteiger partial charge is 0.492 e. The van der Waals surface area contributed by atoms with E-state index in [2.05, 4.69) is 20.6 Å². The molecular formula is C19H16F3N5O3. The van der Waals surface area contributed by atoms with Gasteiger partial charge in [-0.3, -0.25) is 10.1 Å². The van der Waals surface area contributed by atoms with E-state index in [1.807, 2.05) is 0 Å². The van der Waals surface area contributed by atoms with Crippen LogP contribution >= 0.6 is 0 Å². The lowest BCUT2D eigenvalue weighted by Crippen LogP contribution is -2.07. The Bertz CT molecular complexity index is 1040. The maximum atomic E-state index is 12.7. The first-order chi connectivity index (χ1) is 14.3. The smallest absolute Gasteiger partial charge is 0.416 e. The summed E-state index contributed by atoms with van der Waals surface area (Å²) in [4.78, 5) is 18.8. The zero-order chi connectivity index (χ0) is 21.7. The van der Waals surface area contributed by atoms with Gasteiger partial charge >= 0.3 is 11.9 Å². The normalized spacial score (nSPS) is 11.1. The predicted molar refractivity (Wildman–Crippen MR) is 104 cm³/mol. The summed E-state index contributed by atoms with van der Waals surface area (Å²) in [6.45, 7) is 2.20. The Morgan fingerprint density at radius 2 is 1.67 bits per heavy atom. The van der Waals surface area contributed by atoms with E-state index in [1.54, 1.807) is 31.2 Å². The molecule has 0 amide bonds. The van der Waals surface area contributed by atoms with Gasteiger partial charge in [-0.1, -0.05) is 12.1 Å². The van der Waals surface area contributed by atoms with Gasteiger partial charge in [0.2, 0.25) is 11.6 Å². The van der Waals surface area contributed by atoms with Gasteiger partial charge in [0, 0.05) is 5.69 Å². The summed E-state index contributed by atoms with van der Waals surface area (Å²) in [5.41, 5.74) is -0.643. The highest BCUT2D eigenvalue weighted by Crippen LogP contribution is 2.36. The summed E-state index contributed by atoms with van der Waals surface area (Å²) in [7, 11) is 0. The lowest BCUT2D eigenvalue weighted by Gasteiger charge is -2.13. The lowest BCUT2D eigenvalue weighted by atomic mass is 10.2. The zero-order valence-electron chi connectivity index (χ0n) is 15.6. The molecule has 3 rings (SSSR count). The monoisotopic (exact) mass is 419 g/mol. The van der Waals surface area contributed by atoms with Crippen LogP contribution in [0, 0.1) is 10.1 Å². The Morgan fingerprint density at radius 3 is 2.27 bits per heavy atom. The maximum absolute atomic E-state index is 12.7. The van der Waals surface area contributed by atoms with Crippen LogP contribution in [0.3, 0.4) is 0 Å². The number of hydrogen-bond donors (Lipinski definition) is 2. The SMILES string of the molecule is CCOc1ccccc1Nc1ncnc(Nc2ccc(C(F)(F)F)cc2)c1[N+](=O)[O-]. The number of rotatable bonds is 7. The first-order valence-electron chi connectivity index (χ1n) is 8.72. The van der Waals surface area contributed by atoms with Crippen molar-refractivity contribution in [2.75, 3.05) is 17.2 Å². The molecule has 0 saturated carbocycles. The summed E-state index contributed by atoms with van der Waals surface area (Å²) in [5.74, 6) is 0.202. The van der Waals surface area contributed by atoms with E-state index < -0.39 is 22.4 Å². The molecule has 2 N–H and O–H groups in total. The Labute approximate surface area is 168 Å². The number of para-hydroxylation sites is 2. The predicted octanol–water partition coefficient (Wildman–Crippen LogP) is 5.29. The number of alkyl halides is 3. The summed E-state index contributed by atoms with van der Waals surface area (Å²) < 4.78 is 43.6. The van der Waals surface area contributed by atoms with Crippen LogP contribution in [0.15, 0.2) is 54.9 Å². The molecule has 0 fully saturated rings. The van der Waals surface area contributed by atoms with Gasteiger partial charge in [0.1, 0.15) is 12.1 Å². The van der Waals surface area contributed by atoms with E-state index in [4.69, 9.17) is 4.74 Å². The number of halogens is 3. The highest BCUT2D eigenvalue weighted by Gasteiger charge is 2.30. The fraction of sp³-hybridized carbons (Fsp3) is 0.158. The van der Waals surface area contributed by atoms with Crippen molar-refractivity contribution in [3.63, 3.8) is 0 Å². The topological polar surface area (TPSA) is 102 Å². The second kappa shape index (κ2) is 8.64. The minimum absolute atomic E-state index is 0.100. The van der Waals surface area contributed by atoms with Gasteiger partial charge in [0.15, 0.2) is 0 Å². The first kappa shape index (κ1) is 20.8. The van der Waals surface area contributed by atoms with Crippen LogP contribution in [-0.4, -0.2) is 21.5 Å². The zero-order valence-corrected chi connectivity index (χ0v) is 15.6. The number of hydrogen-bond acceptors (Lipinski definition) is 7. The number of nitrogens with one attached hydrogen (secondary N) is 2. The molecule has 0 aliphatic rings. The molecule has 0 aliphatic heterocycles. The van der Waals surface area contributed by atoms with Crippen molar-refractivity contribution < 1.29 is 22.8 Å². The van der Waals surface area contributed by atoms with Crippen molar-refractivity contribution in [2.24, 2.45) is 0 Å². The Kier molecular flexibility index (Phi) is 6.00. The van der Waals surface area contributed by atoms with Gasteiger partial charge < -0.3 is 15.4 Å². The standard InChI is InChI=1S/C19H16F3N5O3/c1-2-30-15-6-4-3-5-14(15)26-18-16(27(28)29)17(23-11-24-18)25-13-9-7-12(8-10-13)19(20,21)22/h3-11H,2H2,1H3,(H2,23,24,25,26). The van der Waals surface area contributed by atoms with E-state index in [1.165, 1.54) is 0 Å². The number of benzene rings is 2. The Morgan fingerprint density at radius 1 is 1.03 bits per heavy atom. The van der Waals surface area contributed by atoms with Crippen LogP contribution in [0.1, 0.15) is 12.5 Å². The fourth-order valence-electron chi connectivity index (χ4n) is 2.59. The molecule has 0 radical (unpaired) electrons. The third kappa shape index (κ3) is 4.74. The van der Waals surface area contributed by atoms with E-state index >= 15 is 0 Å². The Balaban J connectivity index is 1.93. The van der Waals surface area contributed by atoms with Gasteiger partial charge in [-0.25, -0.2) is 9.97 Å². The van der Waals surface area contributed by atoms with Gasteiger partial charge in [-0.2, -0.15) is 13.2 Å². The van der Waals surface area contributed by atoms with Crippen molar-refractivity contribution >= 4 is 28.7 Å². The van der Waals surface area contributed by atoms with Gasteiger partial charge in [-0.15, -0.1) is 0 Å². The number of nitro groups is 1. The number of ether oxygens (including phenoxy) is 1. The van der Waals surface area contributed by atoms with E-state index in [0.29, 0.717) is 18.0 Å². The lowest BCUT2D eigenvalue weighted by molar-refractivity contribution is -0.383. The number of anilines is 4. The molecule has 0 unspecified atom stereocenters. The second-order valence-electron chi connectivity index (χ2n) is 5.93. The molecule has 1 heterocycles. The van der Waals surface area contributed by atoms with Crippen LogP contribution in [0.5, 0.6) is 5.75 Å². The highest BCUT2D eigenvalue weighted by molar-refractivity contribution is 5.78. The molecule has 3 aromatic rings. The second-order valence-corrected chi connectivity index (χ2v) is 5.93. The summed E-state index contributed by atoms with van der Waals surface area (Å²) >= 11 is 0. The van der Waals surface area contributed by atoms with Crippen molar-refractivity contribution in [1.29, 1.82) is 0 Å². The molecule has 8 nitrogen and oxygen atoms in total. The van der Waals surface area contributed by atoms with Gasteiger partial charge in [-0.05, 0) is 43.3 Å². The molecule has 11 heteroatoms. The molecule has 0 aliphatic carbocycles. The maximum Gasteiger partial charge on any atom is 0.416 e. The summed E-state index contributed by atoms with van der Waals surface area (Å²) in [5, 5.41) is 17.2. The molecule has 0 bridgehead atoms. The minimum Gasteiger partial charge on any atom is -0.492 e. The molecule has 0 saturated heterocycles.